The van der Waals surface area contributed by atoms with E-state index in [1.165, 1.54) is 6.20 Å². The Kier molecular flexibility index (Phi) is 6.84. The van der Waals surface area contributed by atoms with Crippen LogP contribution in [0.4, 0.5) is 11.8 Å². The minimum atomic E-state index is -0.557. The highest BCUT2D eigenvalue weighted by Crippen LogP contribution is 2.25. The molecular weight excluding hydrogens is 346 g/mol. The third-order valence-electron chi connectivity index (χ3n) is 5.63. The minimum Gasteiger partial charge on any atom is -0.393 e. The van der Waals surface area contributed by atoms with Crippen molar-refractivity contribution in [1.82, 2.24) is 9.97 Å². The summed E-state index contributed by atoms with van der Waals surface area (Å²) >= 11 is 0. The number of aliphatic hydroxyl groups is 1. The summed E-state index contributed by atoms with van der Waals surface area (Å²) in [7, 11) is 1.76. The molecule has 0 radical (unpaired) electrons. The topological polar surface area (TPSA) is 122 Å². The third kappa shape index (κ3) is 5.52. The van der Waals surface area contributed by atoms with Crippen LogP contribution in [0.5, 0.6) is 0 Å². The number of ether oxygens (including phenoxy) is 1. The number of carbonyl (C=O) groups is 1. The van der Waals surface area contributed by atoms with Crippen molar-refractivity contribution in [3.63, 3.8) is 0 Å². The van der Waals surface area contributed by atoms with E-state index < -0.39 is 5.91 Å². The summed E-state index contributed by atoms with van der Waals surface area (Å²) in [4.78, 5) is 20.6. The Bertz CT molecular complexity index is 634. The largest absolute Gasteiger partial charge is 0.393 e. The Labute approximate surface area is 160 Å². The lowest BCUT2D eigenvalue weighted by Gasteiger charge is -2.28. The Morgan fingerprint density at radius 2 is 1.89 bits per heavy atom. The lowest BCUT2D eigenvalue weighted by molar-refractivity contribution is 0.0681. The van der Waals surface area contributed by atoms with Gasteiger partial charge in [-0.2, -0.15) is 4.98 Å². The van der Waals surface area contributed by atoms with Crippen molar-refractivity contribution in [1.29, 1.82) is 0 Å². The fourth-order valence-corrected chi connectivity index (χ4v) is 4.03. The highest BCUT2D eigenvalue weighted by atomic mass is 16.5. The fourth-order valence-electron chi connectivity index (χ4n) is 4.03. The van der Waals surface area contributed by atoms with Gasteiger partial charge in [0.2, 0.25) is 5.95 Å². The molecule has 0 bridgehead atoms. The summed E-state index contributed by atoms with van der Waals surface area (Å²) in [6.45, 7) is 0. The highest BCUT2D eigenvalue weighted by Gasteiger charge is 2.24. The molecule has 8 heteroatoms. The monoisotopic (exact) mass is 377 g/mol. The zero-order valence-electron chi connectivity index (χ0n) is 16.0. The summed E-state index contributed by atoms with van der Waals surface area (Å²) in [5, 5.41) is 16.7. The number of nitrogens with one attached hydrogen (secondary N) is 2. The molecule has 0 unspecified atom stereocenters. The third-order valence-corrected chi connectivity index (χ3v) is 5.63. The molecule has 1 heterocycles. The van der Waals surface area contributed by atoms with Crippen molar-refractivity contribution in [3.05, 3.63) is 11.8 Å². The maximum atomic E-state index is 11.8. The number of nitrogens with zero attached hydrogens (tertiary/aromatic N) is 2. The first-order chi connectivity index (χ1) is 13.0. The van der Waals surface area contributed by atoms with Crippen LogP contribution in [-0.2, 0) is 4.74 Å². The van der Waals surface area contributed by atoms with Crippen LogP contribution in [-0.4, -0.2) is 52.4 Å². The van der Waals surface area contributed by atoms with Gasteiger partial charge in [-0.25, -0.2) is 4.98 Å². The molecule has 0 saturated heterocycles. The van der Waals surface area contributed by atoms with Crippen LogP contribution in [0, 0.1) is 0 Å². The van der Waals surface area contributed by atoms with Gasteiger partial charge in [0.15, 0.2) is 0 Å². The van der Waals surface area contributed by atoms with Crippen LogP contribution in [0.2, 0.25) is 0 Å². The summed E-state index contributed by atoms with van der Waals surface area (Å²) < 4.78 is 5.41. The molecule has 2 atom stereocenters. The van der Waals surface area contributed by atoms with Crippen molar-refractivity contribution in [2.75, 3.05) is 17.7 Å². The van der Waals surface area contributed by atoms with Gasteiger partial charge in [0, 0.05) is 25.4 Å². The van der Waals surface area contributed by atoms with Gasteiger partial charge in [-0.1, -0.05) is 12.8 Å². The van der Waals surface area contributed by atoms with E-state index in [1.54, 1.807) is 7.11 Å². The molecule has 2 fully saturated rings. The minimum absolute atomic E-state index is 0.0699. The van der Waals surface area contributed by atoms with Crippen molar-refractivity contribution < 1.29 is 14.6 Å². The van der Waals surface area contributed by atoms with Crippen LogP contribution < -0.4 is 16.4 Å². The lowest BCUT2D eigenvalue weighted by atomic mass is 9.93. The van der Waals surface area contributed by atoms with E-state index in [1.807, 2.05) is 0 Å². The van der Waals surface area contributed by atoms with E-state index in [2.05, 4.69) is 20.6 Å². The van der Waals surface area contributed by atoms with Gasteiger partial charge in [-0.15, -0.1) is 0 Å². The van der Waals surface area contributed by atoms with Crippen molar-refractivity contribution >= 4 is 17.7 Å². The summed E-state index contributed by atoms with van der Waals surface area (Å²) in [5.41, 5.74) is 5.78. The highest BCUT2D eigenvalue weighted by molar-refractivity contribution is 5.97. The van der Waals surface area contributed by atoms with Crippen LogP contribution in [0.15, 0.2) is 6.20 Å². The molecule has 2 saturated carbocycles. The molecule has 1 amide bonds. The Balaban J connectivity index is 1.69. The number of anilines is 2. The molecule has 8 nitrogen and oxygen atoms in total. The molecule has 2 aliphatic rings. The number of rotatable bonds is 6. The van der Waals surface area contributed by atoms with Gasteiger partial charge in [0.1, 0.15) is 5.82 Å². The van der Waals surface area contributed by atoms with Gasteiger partial charge >= 0.3 is 0 Å². The number of primary amides is 1. The van der Waals surface area contributed by atoms with Gasteiger partial charge in [-0.3, -0.25) is 4.79 Å². The average Bonchev–Trinajstić information content (AvgIpc) is 2.86. The predicted molar refractivity (Wildman–Crippen MR) is 104 cm³/mol. The number of amides is 1. The second-order valence-corrected chi connectivity index (χ2v) is 7.69. The maximum absolute atomic E-state index is 11.8. The van der Waals surface area contributed by atoms with E-state index in [4.69, 9.17) is 10.5 Å². The lowest BCUT2D eigenvalue weighted by Crippen LogP contribution is -2.30. The van der Waals surface area contributed by atoms with Gasteiger partial charge in [0.25, 0.3) is 5.91 Å². The summed E-state index contributed by atoms with van der Waals surface area (Å²) in [6.07, 6.45) is 9.97. The Morgan fingerprint density at radius 3 is 2.59 bits per heavy atom. The van der Waals surface area contributed by atoms with E-state index in [-0.39, 0.29) is 17.7 Å². The van der Waals surface area contributed by atoms with E-state index in [9.17, 15) is 9.90 Å². The number of aromatic nitrogens is 2. The predicted octanol–water partition coefficient (Wildman–Crippen LogP) is 2.05. The van der Waals surface area contributed by atoms with Crippen LogP contribution >= 0.6 is 0 Å². The van der Waals surface area contributed by atoms with Crippen molar-refractivity contribution in [2.24, 2.45) is 5.73 Å². The van der Waals surface area contributed by atoms with Crippen LogP contribution in [0.25, 0.3) is 0 Å². The smallest absolute Gasteiger partial charge is 0.254 e. The zero-order valence-corrected chi connectivity index (χ0v) is 16.0. The summed E-state index contributed by atoms with van der Waals surface area (Å²) in [6, 6.07) is 0.365. The number of hydrogen-bond acceptors (Lipinski definition) is 7. The van der Waals surface area contributed by atoms with Crippen molar-refractivity contribution in [3.8, 4) is 0 Å². The molecule has 1 aromatic heterocycles. The number of nitrogens with two attached hydrogens (primary N) is 1. The summed E-state index contributed by atoms with van der Waals surface area (Å²) in [5.74, 6) is 0.390. The second-order valence-electron chi connectivity index (χ2n) is 7.69. The molecule has 3 rings (SSSR count). The van der Waals surface area contributed by atoms with Gasteiger partial charge in [0.05, 0.1) is 17.8 Å². The average molecular weight is 377 g/mol. The number of methoxy groups -OCH3 is 1. The van der Waals surface area contributed by atoms with Crippen LogP contribution in [0.1, 0.15) is 68.1 Å². The molecule has 0 aliphatic heterocycles. The molecule has 2 aliphatic carbocycles. The standard InChI is InChI=1S/C19H31N5O3/c1-27-15-8-6-12(7-9-15)23-19-21-11-16(17(20)26)18(24-19)22-13-4-2-3-5-14(25)10-13/h11-15,25H,2-10H2,1H3,(H2,20,26)(H2,21,22,23,24)/t12-,13-,14+,15-/m1/s1. The molecule has 0 spiro atoms. The van der Waals surface area contributed by atoms with Gasteiger partial charge in [-0.05, 0) is 44.9 Å². The zero-order chi connectivity index (χ0) is 19.2. The molecule has 150 valence electrons. The second kappa shape index (κ2) is 9.32. The maximum Gasteiger partial charge on any atom is 0.254 e. The van der Waals surface area contributed by atoms with E-state index in [0.29, 0.717) is 30.3 Å². The normalized spacial score (nSPS) is 29.0. The number of carbonyl (C=O) groups excluding carboxylic acids is 1. The Morgan fingerprint density at radius 1 is 1.15 bits per heavy atom. The van der Waals surface area contributed by atoms with E-state index in [0.717, 1.165) is 51.4 Å². The number of aliphatic hydroxyl groups excluding tert-OH is 1. The molecule has 1 aromatic rings. The first-order valence-electron chi connectivity index (χ1n) is 9.96. The molecule has 27 heavy (non-hydrogen) atoms. The van der Waals surface area contributed by atoms with E-state index >= 15 is 0 Å². The fraction of sp³-hybridized carbons (Fsp3) is 0.737. The quantitative estimate of drug-likeness (QED) is 0.560. The SMILES string of the molecule is CO[C@H]1CC[C@H](Nc2ncc(C(N)=O)c(N[C@@H]3CCCC[C@H](O)C3)n2)CC1. The molecule has 5 N–H and O–H groups in total. The molecular formula is C19H31N5O3. The van der Waals surface area contributed by atoms with Gasteiger partial charge < -0.3 is 26.2 Å². The molecule has 0 aromatic carbocycles. The van der Waals surface area contributed by atoms with Crippen molar-refractivity contribution in [2.45, 2.75) is 82.1 Å². The number of hydrogen-bond donors (Lipinski definition) is 4. The first kappa shape index (κ1) is 19.8. The van der Waals surface area contributed by atoms with Crippen LogP contribution in [0.3, 0.4) is 0 Å². The Hall–Kier alpha value is -1.93. The first-order valence-corrected chi connectivity index (χ1v) is 9.96.